The zero-order valence-electron chi connectivity index (χ0n) is 16.2. The summed E-state index contributed by atoms with van der Waals surface area (Å²) in [6.45, 7) is 4.75. The number of para-hydroxylation sites is 2. The SMILES string of the molecule is Nc1ccccc1OCCOCCOCCOCCOCCOCCC(=O)O. The predicted molar refractivity (Wildman–Crippen MR) is 103 cm³/mol. The monoisotopic (exact) mass is 401 g/mol. The molecule has 0 unspecified atom stereocenters. The second-order valence-corrected chi connectivity index (χ2v) is 5.59. The molecule has 9 heteroatoms. The first-order valence-electron chi connectivity index (χ1n) is 9.28. The van der Waals surface area contributed by atoms with Gasteiger partial charge in [0.25, 0.3) is 0 Å². The van der Waals surface area contributed by atoms with Crippen molar-refractivity contribution in [1.82, 2.24) is 0 Å². The smallest absolute Gasteiger partial charge is 0.305 e. The van der Waals surface area contributed by atoms with Crippen LogP contribution in [-0.2, 0) is 28.5 Å². The Balaban J connectivity index is 1.73. The van der Waals surface area contributed by atoms with Crippen molar-refractivity contribution in [3.05, 3.63) is 24.3 Å². The Hall–Kier alpha value is -1.91. The molecule has 0 radical (unpaired) electrons. The molecule has 0 amide bonds. The number of nitrogen functional groups attached to an aromatic ring is 1. The molecule has 1 rings (SSSR count). The van der Waals surface area contributed by atoms with Gasteiger partial charge in [-0.1, -0.05) is 12.1 Å². The fourth-order valence-corrected chi connectivity index (χ4v) is 1.96. The van der Waals surface area contributed by atoms with Crippen molar-refractivity contribution < 1.29 is 38.3 Å². The number of hydrogen-bond donors (Lipinski definition) is 2. The van der Waals surface area contributed by atoms with Crippen LogP contribution in [0.5, 0.6) is 5.75 Å². The lowest BCUT2D eigenvalue weighted by atomic mass is 10.3. The summed E-state index contributed by atoms with van der Waals surface area (Å²) >= 11 is 0. The molecule has 0 aliphatic carbocycles. The summed E-state index contributed by atoms with van der Waals surface area (Å²) in [5.41, 5.74) is 6.38. The molecule has 160 valence electrons. The minimum Gasteiger partial charge on any atom is -0.489 e. The molecule has 0 heterocycles. The van der Waals surface area contributed by atoms with Gasteiger partial charge in [-0.25, -0.2) is 0 Å². The maximum absolute atomic E-state index is 10.3. The summed E-state index contributed by atoms with van der Waals surface area (Å²) in [5.74, 6) is -0.208. The lowest BCUT2D eigenvalue weighted by Crippen LogP contribution is -2.14. The number of nitrogens with two attached hydrogens (primary N) is 1. The van der Waals surface area contributed by atoms with E-state index < -0.39 is 5.97 Å². The van der Waals surface area contributed by atoms with Crippen molar-refractivity contribution >= 4 is 11.7 Å². The summed E-state index contributed by atoms with van der Waals surface area (Å²) in [7, 11) is 0. The van der Waals surface area contributed by atoms with Gasteiger partial charge < -0.3 is 39.3 Å². The van der Waals surface area contributed by atoms with Crippen LogP contribution < -0.4 is 10.5 Å². The van der Waals surface area contributed by atoms with Crippen LogP contribution in [0, 0.1) is 0 Å². The van der Waals surface area contributed by atoms with E-state index in [1.54, 1.807) is 6.07 Å². The minimum absolute atomic E-state index is 0.00470. The van der Waals surface area contributed by atoms with Crippen molar-refractivity contribution in [2.24, 2.45) is 0 Å². The molecule has 0 aromatic heterocycles. The maximum atomic E-state index is 10.3. The van der Waals surface area contributed by atoms with Crippen LogP contribution in [0.1, 0.15) is 6.42 Å². The molecular weight excluding hydrogens is 370 g/mol. The zero-order valence-corrected chi connectivity index (χ0v) is 16.2. The van der Waals surface area contributed by atoms with E-state index in [9.17, 15) is 4.79 Å². The van der Waals surface area contributed by atoms with Crippen LogP contribution in [0.2, 0.25) is 0 Å². The van der Waals surface area contributed by atoms with Gasteiger partial charge in [-0.05, 0) is 12.1 Å². The summed E-state index contributed by atoms with van der Waals surface area (Å²) in [6, 6.07) is 7.33. The van der Waals surface area contributed by atoms with Gasteiger partial charge in [0.1, 0.15) is 12.4 Å². The van der Waals surface area contributed by atoms with Crippen LogP contribution in [0.4, 0.5) is 5.69 Å². The molecular formula is C19H31NO8. The first-order chi connectivity index (χ1) is 13.7. The van der Waals surface area contributed by atoms with E-state index in [2.05, 4.69) is 0 Å². The lowest BCUT2D eigenvalue weighted by molar-refractivity contribution is -0.138. The van der Waals surface area contributed by atoms with E-state index in [-0.39, 0.29) is 13.0 Å². The number of carbonyl (C=O) groups is 1. The molecule has 0 spiro atoms. The number of benzene rings is 1. The third-order valence-electron chi connectivity index (χ3n) is 3.35. The van der Waals surface area contributed by atoms with Gasteiger partial charge in [-0.15, -0.1) is 0 Å². The van der Waals surface area contributed by atoms with Crippen molar-refractivity contribution in [2.75, 3.05) is 78.4 Å². The van der Waals surface area contributed by atoms with Gasteiger partial charge in [0.05, 0.1) is 78.2 Å². The summed E-state index contributed by atoms with van der Waals surface area (Å²) in [4.78, 5) is 10.3. The number of anilines is 1. The summed E-state index contributed by atoms with van der Waals surface area (Å²) < 4.78 is 32.0. The average molecular weight is 401 g/mol. The van der Waals surface area contributed by atoms with Gasteiger partial charge in [-0.3, -0.25) is 4.79 Å². The molecule has 0 atom stereocenters. The first-order valence-corrected chi connectivity index (χ1v) is 9.28. The van der Waals surface area contributed by atoms with E-state index in [4.69, 9.17) is 39.3 Å². The predicted octanol–water partition coefficient (Wildman–Crippen LogP) is 1.21. The molecule has 0 bridgehead atoms. The molecule has 0 aliphatic heterocycles. The minimum atomic E-state index is -0.870. The Kier molecular flexibility index (Phi) is 14.8. The Labute approximate surface area is 165 Å². The third-order valence-corrected chi connectivity index (χ3v) is 3.35. The topological polar surface area (TPSA) is 119 Å². The fraction of sp³-hybridized carbons (Fsp3) is 0.632. The van der Waals surface area contributed by atoms with E-state index in [0.717, 1.165) is 0 Å². The van der Waals surface area contributed by atoms with E-state index in [1.807, 2.05) is 18.2 Å². The average Bonchev–Trinajstić information content (AvgIpc) is 2.68. The Morgan fingerprint density at radius 3 is 1.61 bits per heavy atom. The zero-order chi connectivity index (χ0) is 20.3. The van der Waals surface area contributed by atoms with Crippen molar-refractivity contribution in [3.8, 4) is 5.75 Å². The highest BCUT2D eigenvalue weighted by Gasteiger charge is 1.98. The van der Waals surface area contributed by atoms with Crippen molar-refractivity contribution in [3.63, 3.8) is 0 Å². The van der Waals surface area contributed by atoms with Crippen molar-refractivity contribution in [2.45, 2.75) is 6.42 Å². The van der Waals surface area contributed by atoms with Crippen LogP contribution in [0.3, 0.4) is 0 Å². The van der Waals surface area contributed by atoms with Crippen molar-refractivity contribution in [1.29, 1.82) is 0 Å². The molecule has 0 saturated carbocycles. The second-order valence-electron chi connectivity index (χ2n) is 5.59. The summed E-state index contributed by atoms with van der Waals surface area (Å²) in [5, 5.41) is 8.43. The third kappa shape index (κ3) is 14.2. The lowest BCUT2D eigenvalue weighted by Gasteiger charge is -2.09. The van der Waals surface area contributed by atoms with Crippen LogP contribution >= 0.6 is 0 Å². The molecule has 1 aromatic carbocycles. The van der Waals surface area contributed by atoms with Crippen LogP contribution in [0.15, 0.2) is 24.3 Å². The molecule has 0 saturated heterocycles. The number of carboxylic acids is 1. The molecule has 9 nitrogen and oxygen atoms in total. The number of rotatable bonds is 19. The Morgan fingerprint density at radius 2 is 1.14 bits per heavy atom. The fourth-order valence-electron chi connectivity index (χ4n) is 1.96. The normalized spacial score (nSPS) is 10.9. The number of carboxylic acid groups (broad SMARTS) is 1. The van der Waals surface area contributed by atoms with Gasteiger partial charge in [0.15, 0.2) is 0 Å². The Bertz CT molecular complexity index is 514. The molecule has 1 aromatic rings. The van der Waals surface area contributed by atoms with Crippen LogP contribution in [-0.4, -0.2) is 83.8 Å². The quantitative estimate of drug-likeness (QED) is 0.260. The molecule has 3 N–H and O–H groups in total. The van der Waals surface area contributed by atoms with Gasteiger partial charge in [0.2, 0.25) is 0 Å². The standard InChI is InChI=1S/C19H31NO8/c20-17-3-1-2-4-18(17)28-16-15-27-14-13-26-12-11-25-10-9-24-8-7-23-6-5-19(21)22/h1-4H,5-16,20H2,(H,21,22). The number of ether oxygens (including phenoxy) is 6. The molecule has 28 heavy (non-hydrogen) atoms. The summed E-state index contributed by atoms with van der Waals surface area (Å²) in [6.07, 6.45) is 0.00470. The number of aliphatic carboxylic acids is 1. The highest BCUT2D eigenvalue weighted by molar-refractivity contribution is 5.66. The largest absolute Gasteiger partial charge is 0.489 e. The van der Waals surface area contributed by atoms with Gasteiger partial charge in [-0.2, -0.15) is 0 Å². The van der Waals surface area contributed by atoms with Gasteiger partial charge >= 0.3 is 5.97 Å². The highest BCUT2D eigenvalue weighted by Crippen LogP contribution is 2.19. The van der Waals surface area contributed by atoms with Crippen LogP contribution in [0.25, 0.3) is 0 Å². The Morgan fingerprint density at radius 1 is 0.714 bits per heavy atom. The highest BCUT2D eigenvalue weighted by atomic mass is 16.6. The number of hydrogen-bond acceptors (Lipinski definition) is 8. The van der Waals surface area contributed by atoms with E-state index in [1.165, 1.54) is 0 Å². The maximum Gasteiger partial charge on any atom is 0.305 e. The molecule has 0 aliphatic rings. The van der Waals surface area contributed by atoms with Gasteiger partial charge in [0, 0.05) is 0 Å². The molecule has 0 fully saturated rings. The van der Waals surface area contributed by atoms with E-state index in [0.29, 0.717) is 77.5 Å². The first kappa shape index (κ1) is 24.1. The second kappa shape index (κ2) is 17.2. The van der Waals surface area contributed by atoms with E-state index >= 15 is 0 Å².